The highest BCUT2D eigenvalue weighted by molar-refractivity contribution is 7.89. The third kappa shape index (κ3) is 4.18. The van der Waals surface area contributed by atoms with Crippen LogP contribution in [0.4, 0.5) is 0 Å². The number of carbonyl (C=O) groups excluding carboxylic acids is 1. The van der Waals surface area contributed by atoms with Crippen LogP contribution in [0.25, 0.3) is 0 Å². The lowest BCUT2D eigenvalue weighted by molar-refractivity contribution is 0.0954. The number of phenolic OH excluding ortho intramolecular Hbond substituents is 1. The number of amides is 1. The van der Waals surface area contributed by atoms with E-state index in [1.807, 2.05) is 6.07 Å². The summed E-state index contributed by atoms with van der Waals surface area (Å²) in [6, 6.07) is 11.2. The van der Waals surface area contributed by atoms with Gasteiger partial charge in [0.15, 0.2) is 0 Å². The molecule has 0 aliphatic heterocycles. The molecule has 0 radical (unpaired) electrons. The zero-order chi connectivity index (χ0) is 20.4. The lowest BCUT2D eigenvalue weighted by Crippen LogP contribution is -2.32. The summed E-state index contributed by atoms with van der Waals surface area (Å²) in [6.07, 6.45) is 5.09. The van der Waals surface area contributed by atoms with E-state index in [1.165, 1.54) is 12.1 Å². The molecule has 4 rings (SSSR count). The van der Waals surface area contributed by atoms with Gasteiger partial charge in [-0.15, -0.1) is 0 Å². The maximum Gasteiger partial charge on any atom is 0.271 e. The Balaban J connectivity index is 1.50. The van der Waals surface area contributed by atoms with Gasteiger partial charge in [0.1, 0.15) is 5.75 Å². The Hall–Kier alpha value is -2.71. The van der Waals surface area contributed by atoms with Crippen molar-refractivity contribution in [2.45, 2.75) is 49.5 Å². The van der Waals surface area contributed by atoms with Gasteiger partial charge < -0.3 is 5.11 Å². The molecule has 1 saturated carbocycles. The highest BCUT2D eigenvalue weighted by Crippen LogP contribution is 2.30. The third-order valence-electron chi connectivity index (χ3n) is 5.42. The minimum absolute atomic E-state index is 0.0426. The number of aromatic hydroxyl groups is 1. The summed E-state index contributed by atoms with van der Waals surface area (Å²) in [5, 5.41) is 14.2. The molecule has 0 saturated heterocycles. The van der Waals surface area contributed by atoms with E-state index in [1.54, 1.807) is 24.3 Å². The molecule has 0 heterocycles. The second-order valence-electron chi connectivity index (χ2n) is 7.44. The molecule has 8 heteroatoms. The van der Waals surface area contributed by atoms with Crippen molar-refractivity contribution in [2.75, 3.05) is 0 Å². The van der Waals surface area contributed by atoms with Gasteiger partial charge in [-0.25, -0.2) is 18.6 Å². The molecule has 0 aromatic heterocycles. The van der Waals surface area contributed by atoms with Crippen LogP contribution in [0, 0.1) is 0 Å². The third-order valence-corrected chi connectivity index (χ3v) is 6.94. The normalized spacial score (nSPS) is 18.1. The molecule has 1 amide bonds. The fourth-order valence-corrected chi connectivity index (χ4v) is 5.29. The van der Waals surface area contributed by atoms with Crippen molar-refractivity contribution in [3.63, 3.8) is 0 Å². The van der Waals surface area contributed by atoms with Crippen LogP contribution in [0.2, 0.25) is 0 Å². The SMILES string of the molecule is O=C(N/N=C1\CCc2cccc(O)c21)c1cccc(S(=O)(=O)NC2CCCC2)c1. The fourth-order valence-electron chi connectivity index (χ4n) is 3.94. The van der Waals surface area contributed by atoms with E-state index < -0.39 is 15.9 Å². The van der Waals surface area contributed by atoms with Crippen molar-refractivity contribution in [3.8, 4) is 5.75 Å². The summed E-state index contributed by atoms with van der Waals surface area (Å²) in [4.78, 5) is 12.6. The summed E-state index contributed by atoms with van der Waals surface area (Å²) < 4.78 is 27.9. The van der Waals surface area contributed by atoms with Gasteiger partial charge in [0, 0.05) is 17.2 Å². The molecule has 29 heavy (non-hydrogen) atoms. The number of carbonyl (C=O) groups is 1. The molecule has 0 spiro atoms. The van der Waals surface area contributed by atoms with E-state index in [0.717, 1.165) is 37.7 Å². The Kier molecular flexibility index (Phi) is 5.38. The fraction of sp³-hybridized carbons (Fsp3) is 0.333. The molecule has 0 unspecified atom stereocenters. The average Bonchev–Trinajstić information content (AvgIpc) is 3.36. The number of rotatable bonds is 5. The molecule has 3 N–H and O–H groups in total. The van der Waals surface area contributed by atoms with E-state index in [9.17, 15) is 18.3 Å². The first-order valence-electron chi connectivity index (χ1n) is 9.74. The number of nitrogens with zero attached hydrogens (tertiary/aromatic N) is 1. The first-order valence-corrected chi connectivity index (χ1v) is 11.2. The first kappa shape index (κ1) is 19.6. The lowest BCUT2D eigenvalue weighted by Gasteiger charge is -2.13. The molecule has 2 aliphatic carbocycles. The average molecular weight is 413 g/mol. The van der Waals surface area contributed by atoms with Gasteiger partial charge in [-0.1, -0.05) is 31.0 Å². The van der Waals surface area contributed by atoms with Gasteiger partial charge in [0.25, 0.3) is 5.91 Å². The first-order chi connectivity index (χ1) is 13.9. The number of hydrogen-bond acceptors (Lipinski definition) is 5. The summed E-state index contributed by atoms with van der Waals surface area (Å²) >= 11 is 0. The Morgan fingerprint density at radius 1 is 1.07 bits per heavy atom. The second-order valence-corrected chi connectivity index (χ2v) is 9.16. The molecule has 152 valence electrons. The number of aryl methyl sites for hydroxylation is 1. The zero-order valence-corrected chi connectivity index (χ0v) is 16.7. The number of nitrogens with one attached hydrogen (secondary N) is 2. The standard InChI is InChI=1S/C21H23N3O4S/c25-19-10-4-5-14-11-12-18(20(14)19)22-23-21(26)15-6-3-9-17(13-15)29(27,28)24-16-7-1-2-8-16/h3-6,9-10,13,16,24-25H,1-2,7-8,11-12H2,(H,23,26)/b22-18+. The number of hydrogen-bond donors (Lipinski definition) is 3. The van der Waals surface area contributed by atoms with Crippen molar-refractivity contribution in [3.05, 3.63) is 59.2 Å². The van der Waals surface area contributed by atoms with Gasteiger partial charge >= 0.3 is 0 Å². The van der Waals surface area contributed by atoms with Crippen LogP contribution < -0.4 is 10.1 Å². The summed E-state index contributed by atoms with van der Waals surface area (Å²) in [5.74, 6) is -0.363. The maximum absolute atomic E-state index is 12.6. The molecular formula is C21H23N3O4S. The Morgan fingerprint density at radius 3 is 2.62 bits per heavy atom. The Morgan fingerprint density at radius 2 is 1.83 bits per heavy atom. The molecule has 0 bridgehead atoms. The van der Waals surface area contributed by atoms with Crippen LogP contribution in [0.3, 0.4) is 0 Å². The lowest BCUT2D eigenvalue weighted by atomic mass is 10.1. The molecule has 2 aromatic carbocycles. The van der Waals surface area contributed by atoms with E-state index >= 15 is 0 Å². The van der Waals surface area contributed by atoms with Gasteiger partial charge in [0.05, 0.1) is 10.6 Å². The smallest absolute Gasteiger partial charge is 0.271 e. The molecule has 7 nitrogen and oxygen atoms in total. The summed E-state index contributed by atoms with van der Waals surface area (Å²) in [5.41, 5.74) is 4.95. The van der Waals surface area contributed by atoms with Crippen molar-refractivity contribution in [1.29, 1.82) is 0 Å². The van der Waals surface area contributed by atoms with E-state index in [2.05, 4.69) is 15.2 Å². The molecule has 1 fully saturated rings. The summed E-state index contributed by atoms with van der Waals surface area (Å²) in [7, 11) is -3.67. The van der Waals surface area contributed by atoms with Crippen LogP contribution in [-0.4, -0.2) is 31.2 Å². The van der Waals surface area contributed by atoms with Gasteiger partial charge in [-0.2, -0.15) is 5.10 Å². The van der Waals surface area contributed by atoms with Crippen LogP contribution in [0.15, 0.2) is 52.5 Å². The van der Waals surface area contributed by atoms with Gasteiger partial charge in [0.2, 0.25) is 10.0 Å². The quantitative estimate of drug-likeness (QED) is 0.655. The van der Waals surface area contributed by atoms with E-state index in [-0.39, 0.29) is 22.3 Å². The minimum atomic E-state index is -3.67. The second kappa shape index (κ2) is 7.96. The van der Waals surface area contributed by atoms with Crippen LogP contribution in [0.1, 0.15) is 53.6 Å². The van der Waals surface area contributed by atoms with Crippen molar-refractivity contribution >= 4 is 21.6 Å². The van der Waals surface area contributed by atoms with Crippen LogP contribution in [0.5, 0.6) is 5.75 Å². The molecule has 2 aliphatic rings. The van der Waals surface area contributed by atoms with Crippen molar-refractivity contribution in [1.82, 2.24) is 10.1 Å². The highest BCUT2D eigenvalue weighted by atomic mass is 32.2. The van der Waals surface area contributed by atoms with Gasteiger partial charge in [-0.05, 0) is 55.5 Å². The number of hydrazone groups is 1. The minimum Gasteiger partial charge on any atom is -0.507 e. The number of phenols is 1. The van der Waals surface area contributed by atoms with Crippen molar-refractivity contribution in [2.24, 2.45) is 5.10 Å². The van der Waals surface area contributed by atoms with Gasteiger partial charge in [-0.3, -0.25) is 4.79 Å². The van der Waals surface area contributed by atoms with Crippen molar-refractivity contribution < 1.29 is 18.3 Å². The number of sulfonamides is 1. The Bertz CT molecular complexity index is 1070. The predicted molar refractivity (Wildman–Crippen MR) is 109 cm³/mol. The topological polar surface area (TPSA) is 108 Å². The Labute approximate surface area is 169 Å². The summed E-state index contributed by atoms with van der Waals surface area (Å²) in [6.45, 7) is 0. The predicted octanol–water partition coefficient (Wildman–Crippen LogP) is 2.69. The largest absolute Gasteiger partial charge is 0.507 e. The monoisotopic (exact) mass is 413 g/mol. The highest BCUT2D eigenvalue weighted by Gasteiger charge is 2.24. The van der Waals surface area contributed by atoms with Crippen LogP contribution >= 0.6 is 0 Å². The molecular weight excluding hydrogens is 390 g/mol. The molecule has 2 aromatic rings. The number of fused-ring (bicyclic) bond motifs is 1. The molecule has 0 atom stereocenters. The van der Waals surface area contributed by atoms with Crippen LogP contribution in [-0.2, 0) is 16.4 Å². The van der Waals surface area contributed by atoms with E-state index in [0.29, 0.717) is 17.7 Å². The zero-order valence-electron chi connectivity index (χ0n) is 15.9. The maximum atomic E-state index is 12.6. The van der Waals surface area contributed by atoms with E-state index in [4.69, 9.17) is 0 Å². The number of benzene rings is 2.